The van der Waals surface area contributed by atoms with E-state index in [-0.39, 0.29) is 28.7 Å². The number of halogens is 5. The Morgan fingerprint density at radius 3 is 2.35 bits per heavy atom. The lowest BCUT2D eigenvalue weighted by Gasteiger charge is -2.21. The predicted molar refractivity (Wildman–Crippen MR) is 120 cm³/mol. The number of hydrogen-bond donors (Lipinski definition) is 2. The Bertz CT molecular complexity index is 1080. The Kier molecular flexibility index (Phi) is 6.58. The Morgan fingerprint density at radius 2 is 1.71 bits per heavy atom. The van der Waals surface area contributed by atoms with Gasteiger partial charge in [0, 0.05) is 20.7 Å². The van der Waals surface area contributed by atoms with Crippen molar-refractivity contribution in [1.29, 1.82) is 0 Å². The summed E-state index contributed by atoms with van der Waals surface area (Å²) in [4.78, 5) is 8.78. The smallest absolute Gasteiger partial charge is 0.406 e. The van der Waals surface area contributed by atoms with Crippen molar-refractivity contribution in [2.24, 2.45) is 0 Å². The number of ether oxygens (including phenoxy) is 1. The Morgan fingerprint density at radius 1 is 0.968 bits per heavy atom. The SMILES string of the molecule is CC(C)(C)Nc1nc(Nc2ccc(I)cc2F)cc(-c2cccc(OC(F)(F)F)c2)n1. The number of anilines is 3. The first-order valence-electron chi connectivity index (χ1n) is 9.13. The van der Waals surface area contributed by atoms with Crippen molar-refractivity contribution in [2.45, 2.75) is 32.7 Å². The molecule has 0 aliphatic heterocycles. The molecule has 0 bridgehead atoms. The number of rotatable bonds is 5. The molecule has 5 nitrogen and oxygen atoms in total. The highest BCUT2D eigenvalue weighted by atomic mass is 127. The molecule has 10 heteroatoms. The molecule has 0 saturated heterocycles. The number of hydrogen-bond acceptors (Lipinski definition) is 5. The van der Waals surface area contributed by atoms with Gasteiger partial charge in [0.15, 0.2) is 0 Å². The van der Waals surface area contributed by atoms with E-state index >= 15 is 0 Å². The highest BCUT2D eigenvalue weighted by Crippen LogP contribution is 2.30. The fourth-order valence-electron chi connectivity index (χ4n) is 2.63. The van der Waals surface area contributed by atoms with Crippen LogP contribution in [0.4, 0.5) is 35.0 Å². The van der Waals surface area contributed by atoms with E-state index in [0.717, 1.165) is 3.57 Å². The molecular formula is C21H19F4IN4O. The molecule has 0 atom stereocenters. The maximum Gasteiger partial charge on any atom is 0.573 e. The molecule has 31 heavy (non-hydrogen) atoms. The minimum atomic E-state index is -4.81. The minimum Gasteiger partial charge on any atom is -0.406 e. The number of aromatic nitrogens is 2. The molecular weight excluding hydrogens is 527 g/mol. The van der Waals surface area contributed by atoms with Crippen molar-refractivity contribution in [3.8, 4) is 17.0 Å². The second-order valence-electron chi connectivity index (χ2n) is 7.66. The third-order valence-corrected chi connectivity index (χ3v) is 4.44. The lowest BCUT2D eigenvalue weighted by atomic mass is 10.1. The van der Waals surface area contributed by atoms with Crippen LogP contribution in [0.2, 0.25) is 0 Å². The first-order valence-corrected chi connectivity index (χ1v) is 10.2. The van der Waals surface area contributed by atoms with E-state index in [9.17, 15) is 17.6 Å². The average molecular weight is 546 g/mol. The van der Waals surface area contributed by atoms with E-state index in [1.807, 2.05) is 43.4 Å². The van der Waals surface area contributed by atoms with Crippen LogP contribution in [0.3, 0.4) is 0 Å². The normalized spacial score (nSPS) is 11.9. The number of nitrogens with zero attached hydrogens (tertiary/aromatic N) is 2. The number of alkyl halides is 3. The van der Waals surface area contributed by atoms with E-state index < -0.39 is 12.2 Å². The summed E-state index contributed by atoms with van der Waals surface area (Å²) in [6.45, 7) is 5.73. The summed E-state index contributed by atoms with van der Waals surface area (Å²) in [5.74, 6) is -0.315. The van der Waals surface area contributed by atoms with Crippen molar-refractivity contribution < 1.29 is 22.3 Å². The van der Waals surface area contributed by atoms with Gasteiger partial charge in [-0.2, -0.15) is 4.98 Å². The molecule has 0 amide bonds. The lowest BCUT2D eigenvalue weighted by Crippen LogP contribution is -2.27. The van der Waals surface area contributed by atoms with Crippen molar-refractivity contribution >= 4 is 40.0 Å². The standard InChI is InChI=1S/C21H19F4IN4O/c1-20(2,3)30-19-28-17(12-5-4-6-14(9-12)31-21(23,24)25)11-18(29-19)27-16-8-7-13(26)10-15(16)22/h4-11H,1-3H3,(H2,27,28,29,30). The van der Waals surface area contributed by atoms with E-state index in [1.165, 1.54) is 30.3 Å². The second-order valence-corrected chi connectivity index (χ2v) is 8.91. The van der Waals surface area contributed by atoms with Crippen LogP contribution in [0, 0.1) is 9.39 Å². The fourth-order valence-corrected chi connectivity index (χ4v) is 3.09. The zero-order valence-electron chi connectivity index (χ0n) is 16.8. The van der Waals surface area contributed by atoms with Gasteiger partial charge in [0.05, 0.1) is 11.4 Å². The van der Waals surface area contributed by atoms with Gasteiger partial charge in [-0.25, -0.2) is 9.37 Å². The third kappa shape index (κ3) is 6.94. The molecule has 1 aromatic heterocycles. The molecule has 0 unspecified atom stereocenters. The summed E-state index contributed by atoms with van der Waals surface area (Å²) < 4.78 is 56.8. The van der Waals surface area contributed by atoms with Crippen molar-refractivity contribution in [3.05, 3.63) is 57.9 Å². The Hall–Kier alpha value is -2.63. The van der Waals surface area contributed by atoms with Crippen LogP contribution >= 0.6 is 22.6 Å². The predicted octanol–water partition coefficient (Wildman–Crippen LogP) is 6.74. The van der Waals surface area contributed by atoms with Gasteiger partial charge < -0.3 is 15.4 Å². The first-order chi connectivity index (χ1) is 14.4. The van der Waals surface area contributed by atoms with Crippen LogP contribution in [0.5, 0.6) is 5.75 Å². The second kappa shape index (κ2) is 8.85. The van der Waals surface area contributed by atoms with Gasteiger partial charge in [0.25, 0.3) is 0 Å². The summed E-state index contributed by atoms with van der Waals surface area (Å²) in [5.41, 5.74) is 0.543. The quantitative estimate of drug-likeness (QED) is 0.274. The first kappa shape index (κ1) is 23.0. The molecule has 2 aromatic carbocycles. The topological polar surface area (TPSA) is 59.1 Å². The monoisotopic (exact) mass is 546 g/mol. The molecule has 0 fully saturated rings. The summed E-state index contributed by atoms with van der Waals surface area (Å²) in [7, 11) is 0. The highest BCUT2D eigenvalue weighted by molar-refractivity contribution is 14.1. The van der Waals surface area contributed by atoms with Gasteiger partial charge >= 0.3 is 6.36 Å². The molecule has 0 radical (unpaired) electrons. The highest BCUT2D eigenvalue weighted by Gasteiger charge is 2.31. The Labute approximate surface area is 190 Å². The Balaban J connectivity index is 2.02. The zero-order valence-corrected chi connectivity index (χ0v) is 19.0. The third-order valence-electron chi connectivity index (χ3n) is 3.77. The molecule has 3 rings (SSSR count). The maximum atomic E-state index is 14.3. The summed E-state index contributed by atoms with van der Waals surface area (Å²) in [6, 6.07) is 11.7. The molecule has 3 aromatic rings. The molecule has 0 saturated carbocycles. The summed E-state index contributed by atoms with van der Waals surface area (Å²) in [6.07, 6.45) is -4.81. The molecule has 0 aliphatic carbocycles. The van der Waals surface area contributed by atoms with Crippen LogP contribution in [0.25, 0.3) is 11.3 Å². The van der Waals surface area contributed by atoms with Crippen molar-refractivity contribution in [2.75, 3.05) is 10.6 Å². The molecule has 164 valence electrons. The lowest BCUT2D eigenvalue weighted by molar-refractivity contribution is -0.274. The van der Waals surface area contributed by atoms with Gasteiger partial charge in [-0.05, 0) is 73.7 Å². The van der Waals surface area contributed by atoms with Crippen LogP contribution < -0.4 is 15.4 Å². The molecule has 0 aliphatic rings. The zero-order chi connectivity index (χ0) is 22.8. The maximum absolute atomic E-state index is 14.3. The summed E-state index contributed by atoms with van der Waals surface area (Å²) >= 11 is 2.00. The van der Waals surface area contributed by atoms with Crippen LogP contribution in [0.1, 0.15) is 20.8 Å². The molecule has 1 heterocycles. The summed E-state index contributed by atoms with van der Waals surface area (Å²) in [5, 5.41) is 6.03. The minimum absolute atomic E-state index is 0.209. The van der Waals surface area contributed by atoms with E-state index in [0.29, 0.717) is 11.3 Å². The van der Waals surface area contributed by atoms with Gasteiger partial charge in [0.1, 0.15) is 17.4 Å². The van der Waals surface area contributed by atoms with Crippen molar-refractivity contribution in [1.82, 2.24) is 9.97 Å². The average Bonchev–Trinajstić information content (AvgIpc) is 2.61. The largest absolute Gasteiger partial charge is 0.573 e. The van der Waals surface area contributed by atoms with E-state index in [1.54, 1.807) is 18.2 Å². The van der Waals surface area contributed by atoms with Gasteiger partial charge in [0.2, 0.25) is 5.95 Å². The van der Waals surface area contributed by atoms with Crippen LogP contribution in [-0.4, -0.2) is 21.9 Å². The fraction of sp³-hybridized carbons (Fsp3) is 0.238. The van der Waals surface area contributed by atoms with Crippen LogP contribution in [-0.2, 0) is 0 Å². The number of nitrogens with one attached hydrogen (secondary N) is 2. The molecule has 2 N–H and O–H groups in total. The van der Waals surface area contributed by atoms with Crippen LogP contribution in [0.15, 0.2) is 48.5 Å². The molecule has 0 spiro atoms. The van der Waals surface area contributed by atoms with Gasteiger partial charge in [-0.1, -0.05) is 12.1 Å². The number of benzene rings is 2. The van der Waals surface area contributed by atoms with E-state index in [4.69, 9.17) is 0 Å². The van der Waals surface area contributed by atoms with Gasteiger partial charge in [-0.15, -0.1) is 13.2 Å². The van der Waals surface area contributed by atoms with Gasteiger partial charge in [-0.3, -0.25) is 0 Å². The van der Waals surface area contributed by atoms with E-state index in [2.05, 4.69) is 25.3 Å². The van der Waals surface area contributed by atoms with Crippen molar-refractivity contribution in [3.63, 3.8) is 0 Å².